The van der Waals surface area contributed by atoms with Gasteiger partial charge in [-0.25, -0.2) is 0 Å². The number of benzene rings is 1. The number of alkyl halides is 1. The predicted molar refractivity (Wildman–Crippen MR) is 60.6 cm³/mol. The fraction of sp³-hybridized carbons (Fsp3) is 0.500. The highest BCUT2D eigenvalue weighted by molar-refractivity contribution is 6.20. The van der Waals surface area contributed by atoms with E-state index in [-0.39, 0.29) is 5.38 Å². The van der Waals surface area contributed by atoms with Crippen LogP contribution in [0, 0.1) is 0 Å². The van der Waals surface area contributed by atoms with E-state index in [1.165, 1.54) is 5.56 Å². The van der Waals surface area contributed by atoms with E-state index in [4.69, 9.17) is 16.3 Å². The van der Waals surface area contributed by atoms with Gasteiger partial charge in [0, 0.05) is 12.0 Å². The minimum atomic E-state index is 0.260. The summed E-state index contributed by atoms with van der Waals surface area (Å²) in [5, 5.41) is 0.260. The average Bonchev–Trinajstić information content (AvgIpc) is 2.18. The summed E-state index contributed by atoms with van der Waals surface area (Å²) < 4.78 is 5.51. The molecule has 0 amide bonds. The van der Waals surface area contributed by atoms with Crippen molar-refractivity contribution in [1.82, 2.24) is 0 Å². The number of halogens is 1. The molecule has 0 saturated carbocycles. The lowest BCUT2D eigenvalue weighted by atomic mass is 10.2. The third-order valence-electron chi connectivity index (χ3n) is 2.00. The predicted octanol–water partition coefficient (Wildman–Crippen LogP) is 3.61. The Bertz CT molecular complexity index is 233. The Balaban J connectivity index is 2.05. The Kier molecular flexibility index (Phi) is 5.65. The molecule has 0 bridgehead atoms. The van der Waals surface area contributed by atoms with Gasteiger partial charge in [0.1, 0.15) is 0 Å². The molecule has 0 aliphatic heterocycles. The second kappa shape index (κ2) is 6.86. The van der Waals surface area contributed by atoms with Crippen LogP contribution in [0.4, 0.5) is 0 Å². The van der Waals surface area contributed by atoms with E-state index in [1.807, 2.05) is 25.1 Å². The first-order chi connectivity index (χ1) is 6.79. The molecule has 0 aromatic heterocycles. The van der Waals surface area contributed by atoms with Gasteiger partial charge in [-0.15, -0.1) is 11.6 Å². The van der Waals surface area contributed by atoms with Crippen molar-refractivity contribution in [2.75, 3.05) is 6.61 Å². The second-order valence-corrected chi connectivity index (χ2v) is 4.21. The molecule has 0 aliphatic carbocycles. The fourth-order valence-corrected chi connectivity index (χ4v) is 1.39. The van der Waals surface area contributed by atoms with E-state index >= 15 is 0 Å². The lowest BCUT2D eigenvalue weighted by molar-refractivity contribution is 0.117. The Labute approximate surface area is 91.0 Å². The summed E-state index contributed by atoms with van der Waals surface area (Å²) >= 11 is 5.82. The van der Waals surface area contributed by atoms with Crippen LogP contribution in [0.5, 0.6) is 0 Å². The summed E-state index contributed by atoms with van der Waals surface area (Å²) in [5.41, 5.74) is 1.23. The first kappa shape index (κ1) is 11.5. The SMILES string of the molecule is CC(Cl)CCCOCc1ccccc1. The Morgan fingerprint density at radius 1 is 1.29 bits per heavy atom. The molecule has 1 aromatic carbocycles. The third kappa shape index (κ3) is 5.25. The molecule has 1 nitrogen and oxygen atoms in total. The molecule has 78 valence electrons. The van der Waals surface area contributed by atoms with Gasteiger partial charge in [0.05, 0.1) is 6.61 Å². The largest absolute Gasteiger partial charge is 0.377 e. The molecule has 2 heteroatoms. The maximum atomic E-state index is 5.82. The van der Waals surface area contributed by atoms with E-state index in [0.29, 0.717) is 6.61 Å². The van der Waals surface area contributed by atoms with Crippen LogP contribution in [0.25, 0.3) is 0 Å². The summed E-state index contributed by atoms with van der Waals surface area (Å²) in [6, 6.07) is 10.2. The average molecular weight is 213 g/mol. The summed E-state index contributed by atoms with van der Waals surface area (Å²) in [5.74, 6) is 0. The lowest BCUT2D eigenvalue weighted by Gasteiger charge is -2.05. The van der Waals surface area contributed by atoms with Gasteiger partial charge in [-0.05, 0) is 25.3 Å². The van der Waals surface area contributed by atoms with Crippen molar-refractivity contribution >= 4 is 11.6 Å². The zero-order chi connectivity index (χ0) is 10.2. The maximum absolute atomic E-state index is 5.82. The van der Waals surface area contributed by atoms with Gasteiger partial charge in [0.2, 0.25) is 0 Å². The van der Waals surface area contributed by atoms with Gasteiger partial charge in [0.25, 0.3) is 0 Å². The van der Waals surface area contributed by atoms with Crippen molar-refractivity contribution < 1.29 is 4.74 Å². The lowest BCUT2D eigenvalue weighted by Crippen LogP contribution is -1.98. The van der Waals surface area contributed by atoms with Crippen LogP contribution in [0.3, 0.4) is 0 Å². The molecular weight excluding hydrogens is 196 g/mol. The van der Waals surface area contributed by atoms with Crippen LogP contribution in [0.15, 0.2) is 30.3 Å². The van der Waals surface area contributed by atoms with Crippen molar-refractivity contribution in [2.45, 2.75) is 31.7 Å². The van der Waals surface area contributed by atoms with Crippen LogP contribution in [-0.2, 0) is 11.3 Å². The van der Waals surface area contributed by atoms with E-state index in [2.05, 4.69) is 12.1 Å². The van der Waals surface area contributed by atoms with Crippen molar-refractivity contribution in [3.05, 3.63) is 35.9 Å². The third-order valence-corrected chi connectivity index (χ3v) is 2.22. The summed E-state index contributed by atoms with van der Waals surface area (Å²) in [4.78, 5) is 0. The van der Waals surface area contributed by atoms with E-state index in [9.17, 15) is 0 Å². The molecule has 0 spiro atoms. The van der Waals surface area contributed by atoms with Crippen LogP contribution in [0.1, 0.15) is 25.3 Å². The van der Waals surface area contributed by atoms with Crippen molar-refractivity contribution in [3.8, 4) is 0 Å². The Morgan fingerprint density at radius 3 is 2.64 bits per heavy atom. The number of hydrogen-bond acceptors (Lipinski definition) is 1. The highest BCUT2D eigenvalue weighted by atomic mass is 35.5. The van der Waals surface area contributed by atoms with Crippen LogP contribution < -0.4 is 0 Å². The normalized spacial score (nSPS) is 12.7. The van der Waals surface area contributed by atoms with Gasteiger partial charge in [0.15, 0.2) is 0 Å². The van der Waals surface area contributed by atoms with Gasteiger partial charge in [-0.2, -0.15) is 0 Å². The van der Waals surface area contributed by atoms with Crippen LogP contribution in [-0.4, -0.2) is 12.0 Å². The monoisotopic (exact) mass is 212 g/mol. The molecule has 0 saturated heterocycles. The van der Waals surface area contributed by atoms with Crippen molar-refractivity contribution in [3.63, 3.8) is 0 Å². The molecule has 0 radical (unpaired) electrons. The zero-order valence-corrected chi connectivity index (χ0v) is 9.33. The van der Waals surface area contributed by atoms with E-state index in [0.717, 1.165) is 19.4 Å². The number of ether oxygens (including phenoxy) is 1. The molecule has 0 N–H and O–H groups in total. The highest BCUT2D eigenvalue weighted by Crippen LogP contribution is 2.05. The number of rotatable bonds is 6. The summed E-state index contributed by atoms with van der Waals surface area (Å²) in [6.45, 7) is 3.52. The first-order valence-electron chi connectivity index (χ1n) is 5.05. The topological polar surface area (TPSA) is 9.23 Å². The smallest absolute Gasteiger partial charge is 0.0716 e. The number of hydrogen-bond donors (Lipinski definition) is 0. The van der Waals surface area contributed by atoms with Crippen LogP contribution >= 0.6 is 11.6 Å². The second-order valence-electron chi connectivity index (χ2n) is 3.46. The van der Waals surface area contributed by atoms with Gasteiger partial charge >= 0.3 is 0 Å². The highest BCUT2D eigenvalue weighted by Gasteiger charge is 1.96. The van der Waals surface area contributed by atoms with Crippen molar-refractivity contribution in [1.29, 1.82) is 0 Å². The zero-order valence-electron chi connectivity index (χ0n) is 8.58. The first-order valence-corrected chi connectivity index (χ1v) is 5.48. The molecule has 1 atom stereocenters. The maximum Gasteiger partial charge on any atom is 0.0716 e. The van der Waals surface area contributed by atoms with Gasteiger partial charge in [-0.3, -0.25) is 0 Å². The Morgan fingerprint density at radius 2 is 2.00 bits per heavy atom. The Hall–Kier alpha value is -0.530. The molecular formula is C12H17ClO. The quantitative estimate of drug-likeness (QED) is 0.517. The van der Waals surface area contributed by atoms with Crippen LogP contribution in [0.2, 0.25) is 0 Å². The van der Waals surface area contributed by atoms with Crippen molar-refractivity contribution in [2.24, 2.45) is 0 Å². The minimum Gasteiger partial charge on any atom is -0.377 e. The molecule has 14 heavy (non-hydrogen) atoms. The molecule has 0 fully saturated rings. The van der Waals surface area contributed by atoms with Gasteiger partial charge in [-0.1, -0.05) is 30.3 Å². The summed E-state index contributed by atoms with van der Waals surface area (Å²) in [6.07, 6.45) is 2.06. The minimum absolute atomic E-state index is 0.260. The summed E-state index contributed by atoms with van der Waals surface area (Å²) in [7, 11) is 0. The van der Waals surface area contributed by atoms with Gasteiger partial charge < -0.3 is 4.74 Å². The molecule has 0 heterocycles. The van der Waals surface area contributed by atoms with E-state index in [1.54, 1.807) is 0 Å². The van der Waals surface area contributed by atoms with E-state index < -0.39 is 0 Å². The molecule has 1 rings (SSSR count). The molecule has 0 aliphatic rings. The standard InChI is InChI=1S/C12H17ClO/c1-11(13)6-5-9-14-10-12-7-3-2-4-8-12/h2-4,7-8,11H,5-6,9-10H2,1H3. The fourth-order valence-electron chi connectivity index (χ4n) is 1.23. The molecule has 1 unspecified atom stereocenters. The molecule has 1 aromatic rings.